The predicted octanol–water partition coefficient (Wildman–Crippen LogP) is 0.770. The van der Waals surface area contributed by atoms with Gasteiger partial charge in [-0.05, 0) is 5.92 Å². The Morgan fingerprint density at radius 3 is 2.74 bits per heavy atom. The average Bonchev–Trinajstić information content (AvgIpc) is 3.10. The predicted molar refractivity (Wildman–Crippen MR) is 84.6 cm³/mol. The third-order valence-corrected chi connectivity index (χ3v) is 3.87. The molecule has 0 fully saturated rings. The van der Waals surface area contributed by atoms with Crippen molar-refractivity contribution in [3.05, 3.63) is 17.5 Å². The van der Waals surface area contributed by atoms with Crippen LogP contribution in [0.3, 0.4) is 0 Å². The second kappa shape index (κ2) is 7.55. The zero-order valence-corrected chi connectivity index (χ0v) is 14.5. The minimum Gasteiger partial charge on any atom is -0.341 e. The molecule has 126 valence electrons. The van der Waals surface area contributed by atoms with E-state index in [0.717, 1.165) is 17.5 Å². The molecule has 23 heavy (non-hydrogen) atoms. The number of carbonyl (C=O) groups is 1. The number of thioether (sulfide) groups is 1. The first-order valence-electron chi connectivity index (χ1n) is 7.21. The van der Waals surface area contributed by atoms with Gasteiger partial charge >= 0.3 is 11.8 Å². The lowest BCUT2D eigenvalue weighted by molar-refractivity contribution is 0.0779. The van der Waals surface area contributed by atoms with E-state index < -0.39 is 0 Å². The smallest absolute Gasteiger partial charge is 0.316 e. The molecule has 0 unspecified atom stereocenters. The van der Waals surface area contributed by atoms with Crippen LogP contribution in [0.5, 0.6) is 0 Å². The summed E-state index contributed by atoms with van der Waals surface area (Å²) in [7, 11) is 3.26. The van der Waals surface area contributed by atoms with Crippen LogP contribution >= 0.6 is 11.8 Å². The largest absolute Gasteiger partial charge is 0.341 e. The third-order valence-electron chi connectivity index (χ3n) is 2.91. The Hall–Kier alpha value is -1.94. The normalized spacial score (nSPS) is 11.2. The number of aromatic nitrogens is 5. The van der Waals surface area contributed by atoms with E-state index in [2.05, 4.69) is 34.2 Å². The number of nitrogens with two attached hydrogens (primary N) is 1. The Bertz CT molecular complexity index is 665. The number of carbonyl (C=O) groups excluding carboxylic acids is 1. The highest BCUT2D eigenvalue weighted by Crippen LogP contribution is 2.22. The van der Waals surface area contributed by atoms with Crippen molar-refractivity contribution >= 4 is 17.7 Å². The maximum atomic E-state index is 11.7. The molecule has 0 aromatic carbocycles. The van der Waals surface area contributed by atoms with Gasteiger partial charge in [0.1, 0.15) is 5.82 Å². The lowest BCUT2D eigenvalue weighted by atomic mass is 10.2. The van der Waals surface area contributed by atoms with Gasteiger partial charge in [0, 0.05) is 20.6 Å². The highest BCUT2D eigenvalue weighted by Gasteiger charge is 2.18. The number of hydrogen-bond acceptors (Lipinski definition) is 8. The summed E-state index contributed by atoms with van der Waals surface area (Å²) in [6.07, 6.45) is 0. The van der Waals surface area contributed by atoms with Crippen LogP contribution in [-0.4, -0.2) is 49.8 Å². The molecule has 2 rings (SSSR count). The van der Waals surface area contributed by atoms with Crippen molar-refractivity contribution in [2.45, 2.75) is 37.8 Å². The van der Waals surface area contributed by atoms with Crippen molar-refractivity contribution in [3.63, 3.8) is 0 Å². The van der Waals surface area contributed by atoms with Crippen LogP contribution < -0.4 is 5.73 Å². The van der Waals surface area contributed by atoms with E-state index in [1.807, 2.05) is 4.57 Å². The monoisotopic (exact) mass is 339 g/mol. The van der Waals surface area contributed by atoms with Crippen LogP contribution in [-0.2, 0) is 18.8 Å². The van der Waals surface area contributed by atoms with Crippen molar-refractivity contribution in [3.8, 4) is 0 Å². The van der Waals surface area contributed by atoms with Gasteiger partial charge in [-0.25, -0.2) is 0 Å². The minimum absolute atomic E-state index is 0.0168. The number of hydrogen-bond donors (Lipinski definition) is 1. The van der Waals surface area contributed by atoms with Crippen LogP contribution in [0.15, 0.2) is 9.68 Å². The maximum absolute atomic E-state index is 11.7. The summed E-state index contributed by atoms with van der Waals surface area (Å²) >= 11 is 1.44. The molecule has 0 radical (unpaired) electrons. The molecule has 0 atom stereocenters. The van der Waals surface area contributed by atoms with Gasteiger partial charge in [0.05, 0.1) is 12.3 Å². The van der Waals surface area contributed by atoms with Crippen LogP contribution in [0.2, 0.25) is 0 Å². The molecule has 2 aromatic heterocycles. The van der Waals surface area contributed by atoms with E-state index in [1.54, 1.807) is 14.1 Å². The van der Waals surface area contributed by atoms with Crippen molar-refractivity contribution in [2.75, 3.05) is 14.1 Å². The molecular formula is C13H21N7O2S. The molecule has 0 aliphatic heterocycles. The van der Waals surface area contributed by atoms with Crippen molar-refractivity contribution in [2.24, 2.45) is 11.7 Å². The van der Waals surface area contributed by atoms with Gasteiger partial charge in [-0.2, -0.15) is 4.98 Å². The third kappa shape index (κ3) is 4.29. The van der Waals surface area contributed by atoms with Gasteiger partial charge in [-0.3, -0.25) is 4.79 Å². The van der Waals surface area contributed by atoms with Gasteiger partial charge in [0.15, 0.2) is 11.0 Å². The van der Waals surface area contributed by atoms with Crippen molar-refractivity contribution < 1.29 is 9.32 Å². The van der Waals surface area contributed by atoms with E-state index in [4.69, 9.17) is 10.3 Å². The quantitative estimate of drug-likeness (QED) is 0.735. The molecule has 9 nitrogen and oxygen atoms in total. The molecule has 2 heterocycles. The summed E-state index contributed by atoms with van der Waals surface area (Å²) in [6, 6.07) is 0. The van der Waals surface area contributed by atoms with Crippen molar-refractivity contribution in [1.82, 2.24) is 29.8 Å². The van der Waals surface area contributed by atoms with Crippen LogP contribution in [0.1, 0.15) is 36.2 Å². The Morgan fingerprint density at radius 1 is 1.39 bits per heavy atom. The SMILES string of the molecule is CC(C)Cn1c(CN)nnc1SCc1noc(C(=O)N(C)C)n1. The molecule has 0 aliphatic rings. The fourth-order valence-electron chi connectivity index (χ4n) is 1.85. The molecule has 0 aliphatic carbocycles. The molecule has 10 heteroatoms. The zero-order valence-electron chi connectivity index (χ0n) is 13.7. The second-order valence-corrected chi connectivity index (χ2v) is 6.55. The molecular weight excluding hydrogens is 318 g/mol. The minimum atomic E-state index is -0.317. The van der Waals surface area contributed by atoms with Crippen LogP contribution in [0.4, 0.5) is 0 Å². The van der Waals surface area contributed by atoms with Gasteiger partial charge in [0.25, 0.3) is 0 Å². The first kappa shape index (κ1) is 17.4. The lowest BCUT2D eigenvalue weighted by Crippen LogP contribution is -2.21. The van der Waals surface area contributed by atoms with E-state index in [9.17, 15) is 4.79 Å². The number of rotatable bonds is 7. The Labute approximate surface area is 138 Å². The molecule has 0 bridgehead atoms. The average molecular weight is 339 g/mol. The Morgan fingerprint density at radius 2 is 2.13 bits per heavy atom. The van der Waals surface area contributed by atoms with E-state index in [0.29, 0.717) is 24.0 Å². The summed E-state index contributed by atoms with van der Waals surface area (Å²) in [6.45, 7) is 5.36. The summed E-state index contributed by atoms with van der Waals surface area (Å²) in [5, 5.41) is 12.8. The fraction of sp³-hybridized carbons (Fsp3) is 0.615. The summed E-state index contributed by atoms with van der Waals surface area (Å²) in [5.74, 6) is 1.74. The molecule has 0 saturated carbocycles. The second-order valence-electron chi connectivity index (χ2n) is 5.61. The number of nitrogens with zero attached hydrogens (tertiary/aromatic N) is 6. The Balaban J connectivity index is 2.06. The Kier molecular flexibility index (Phi) is 5.72. The first-order chi connectivity index (χ1) is 10.9. The van der Waals surface area contributed by atoms with Crippen molar-refractivity contribution in [1.29, 1.82) is 0 Å². The standard InChI is InChI=1S/C13H21N7O2S/c1-8(2)6-20-10(5-14)16-17-13(20)23-7-9-15-11(22-18-9)12(21)19(3)4/h8H,5-7,14H2,1-4H3. The maximum Gasteiger partial charge on any atom is 0.316 e. The molecule has 2 N–H and O–H groups in total. The van der Waals surface area contributed by atoms with E-state index >= 15 is 0 Å². The molecule has 0 spiro atoms. The highest BCUT2D eigenvalue weighted by molar-refractivity contribution is 7.98. The zero-order chi connectivity index (χ0) is 17.0. The number of amides is 1. The molecule has 1 amide bonds. The molecule has 0 saturated heterocycles. The van der Waals surface area contributed by atoms with Gasteiger partial charge in [-0.1, -0.05) is 30.8 Å². The van der Waals surface area contributed by atoms with E-state index in [1.165, 1.54) is 16.7 Å². The summed E-state index contributed by atoms with van der Waals surface area (Å²) in [4.78, 5) is 17.2. The van der Waals surface area contributed by atoms with E-state index in [-0.39, 0.29) is 11.8 Å². The first-order valence-corrected chi connectivity index (χ1v) is 8.20. The fourth-order valence-corrected chi connectivity index (χ4v) is 2.65. The highest BCUT2D eigenvalue weighted by atomic mass is 32.2. The van der Waals surface area contributed by atoms with Gasteiger partial charge in [0.2, 0.25) is 0 Å². The van der Waals surface area contributed by atoms with Gasteiger partial charge in [-0.15, -0.1) is 10.2 Å². The lowest BCUT2D eigenvalue weighted by Gasteiger charge is -2.10. The van der Waals surface area contributed by atoms with Crippen LogP contribution in [0.25, 0.3) is 0 Å². The topological polar surface area (TPSA) is 116 Å². The molecule has 2 aromatic rings. The van der Waals surface area contributed by atoms with Crippen LogP contribution in [0, 0.1) is 5.92 Å². The van der Waals surface area contributed by atoms with Gasteiger partial charge < -0.3 is 19.7 Å². The summed E-state index contributed by atoms with van der Waals surface area (Å²) < 4.78 is 6.97. The summed E-state index contributed by atoms with van der Waals surface area (Å²) in [5.41, 5.74) is 5.70.